The Balaban J connectivity index is 1.18. The molecule has 0 spiro atoms. The van der Waals surface area contributed by atoms with Gasteiger partial charge in [-0.15, -0.1) is 0 Å². The number of aromatic nitrogens is 1. The summed E-state index contributed by atoms with van der Waals surface area (Å²) in [6.07, 6.45) is -0.822. The second-order valence-corrected chi connectivity index (χ2v) is 10.9. The third-order valence-electron chi connectivity index (χ3n) is 7.57. The summed E-state index contributed by atoms with van der Waals surface area (Å²) in [4.78, 5) is 31.0. The zero-order valence-corrected chi connectivity index (χ0v) is 22.9. The van der Waals surface area contributed by atoms with Gasteiger partial charge in [-0.05, 0) is 59.7 Å². The van der Waals surface area contributed by atoms with Crippen molar-refractivity contribution in [3.63, 3.8) is 0 Å². The predicted molar refractivity (Wildman–Crippen MR) is 152 cm³/mol. The van der Waals surface area contributed by atoms with E-state index in [0.29, 0.717) is 18.9 Å². The lowest BCUT2D eigenvalue weighted by Gasteiger charge is -2.28. The van der Waals surface area contributed by atoms with Crippen LogP contribution in [0.25, 0.3) is 11.1 Å². The number of nitrogens with one attached hydrogen (secondary N) is 3. The van der Waals surface area contributed by atoms with Crippen LogP contribution in [-0.4, -0.2) is 47.9 Å². The minimum absolute atomic E-state index is 0.0104. The minimum Gasteiger partial charge on any atom is -0.326 e. The van der Waals surface area contributed by atoms with E-state index < -0.39 is 11.7 Å². The van der Waals surface area contributed by atoms with Gasteiger partial charge in [-0.1, -0.05) is 37.3 Å². The highest BCUT2D eigenvalue weighted by Crippen LogP contribution is 2.35. The Hall–Kier alpha value is -3.76. The van der Waals surface area contributed by atoms with E-state index in [1.54, 1.807) is 18.3 Å². The van der Waals surface area contributed by atoms with E-state index >= 15 is 0 Å². The van der Waals surface area contributed by atoms with E-state index in [-0.39, 0.29) is 47.9 Å². The quantitative estimate of drug-likeness (QED) is 0.312. The molecule has 1 aliphatic heterocycles. The maximum absolute atomic E-state index is 13.8. The van der Waals surface area contributed by atoms with Crippen LogP contribution in [0.3, 0.4) is 0 Å². The second kappa shape index (κ2) is 12.4. The van der Waals surface area contributed by atoms with Crippen LogP contribution in [0.5, 0.6) is 0 Å². The van der Waals surface area contributed by atoms with Crippen molar-refractivity contribution in [2.45, 2.75) is 44.8 Å². The number of halogens is 3. The highest BCUT2D eigenvalue weighted by molar-refractivity contribution is 5.93. The fraction of sp³-hybridized carbons (Fsp3) is 0.387. The van der Waals surface area contributed by atoms with Crippen LogP contribution in [0.15, 0.2) is 60.8 Å². The summed E-state index contributed by atoms with van der Waals surface area (Å²) in [6, 6.07) is 15.5. The third-order valence-corrected chi connectivity index (χ3v) is 7.57. The molecule has 7 nitrogen and oxygen atoms in total. The summed E-state index contributed by atoms with van der Waals surface area (Å²) < 4.78 is 41.5. The molecule has 2 aromatic carbocycles. The summed E-state index contributed by atoms with van der Waals surface area (Å²) in [7, 11) is 0. The van der Waals surface area contributed by atoms with Gasteiger partial charge in [-0.2, -0.15) is 13.2 Å². The van der Waals surface area contributed by atoms with Crippen molar-refractivity contribution in [1.82, 2.24) is 15.2 Å². The molecule has 0 unspecified atom stereocenters. The van der Waals surface area contributed by atoms with Gasteiger partial charge in [0, 0.05) is 62.5 Å². The molecule has 1 saturated carbocycles. The summed E-state index contributed by atoms with van der Waals surface area (Å²) in [6.45, 7) is 5.01. The smallest absolute Gasteiger partial charge is 0.326 e. The summed E-state index contributed by atoms with van der Waals surface area (Å²) in [5.41, 5.74) is 2.40. The molecule has 2 heterocycles. The second-order valence-electron chi connectivity index (χ2n) is 10.9. The Labute approximate surface area is 237 Å². The number of rotatable bonds is 9. The molecular formula is C31H34F3N5O2. The van der Waals surface area contributed by atoms with Crippen molar-refractivity contribution in [3.8, 4) is 11.1 Å². The first kappa shape index (κ1) is 28.8. The molecule has 3 N–H and O–H groups in total. The number of alkyl halides is 3. The SMILES string of the molecule is C[C@@H](CC(=O)Nc1ccc(CN2CCNCC2)c(C(F)(F)F)c1)c1ccc(-c2ccc(NC(=O)C3CC3)nc2)cc1. The fourth-order valence-electron chi connectivity index (χ4n) is 4.99. The van der Waals surface area contributed by atoms with Crippen molar-refractivity contribution in [3.05, 3.63) is 77.5 Å². The number of amides is 2. The maximum Gasteiger partial charge on any atom is 0.416 e. The van der Waals surface area contributed by atoms with Crippen molar-refractivity contribution in [1.29, 1.82) is 0 Å². The fourth-order valence-corrected chi connectivity index (χ4v) is 4.99. The first-order valence-electron chi connectivity index (χ1n) is 14.0. The van der Waals surface area contributed by atoms with Gasteiger partial charge >= 0.3 is 6.18 Å². The number of nitrogens with zero attached hydrogens (tertiary/aromatic N) is 2. The number of carbonyl (C=O) groups excluding carboxylic acids is 2. The van der Waals surface area contributed by atoms with Crippen molar-refractivity contribution in [2.75, 3.05) is 36.8 Å². The first-order chi connectivity index (χ1) is 19.7. The third kappa shape index (κ3) is 7.71. The molecule has 2 amide bonds. The molecule has 216 valence electrons. The van der Waals surface area contributed by atoms with E-state index in [1.165, 1.54) is 6.07 Å². The lowest BCUT2D eigenvalue weighted by molar-refractivity contribution is -0.138. The Bertz CT molecular complexity index is 1370. The Morgan fingerprint density at radius 1 is 1.00 bits per heavy atom. The highest BCUT2D eigenvalue weighted by Gasteiger charge is 2.34. The Morgan fingerprint density at radius 2 is 1.71 bits per heavy atom. The number of anilines is 2. The van der Waals surface area contributed by atoms with E-state index in [2.05, 4.69) is 20.9 Å². The molecule has 1 atom stereocenters. The Kier molecular flexibility index (Phi) is 8.70. The topological polar surface area (TPSA) is 86.4 Å². The lowest BCUT2D eigenvalue weighted by atomic mass is 9.95. The average molecular weight is 566 g/mol. The zero-order chi connectivity index (χ0) is 29.0. The van der Waals surface area contributed by atoms with Crippen LogP contribution in [0.2, 0.25) is 0 Å². The summed E-state index contributed by atoms with van der Waals surface area (Å²) >= 11 is 0. The lowest BCUT2D eigenvalue weighted by Crippen LogP contribution is -2.43. The molecule has 2 fully saturated rings. The average Bonchev–Trinajstić information content (AvgIpc) is 3.80. The van der Waals surface area contributed by atoms with Gasteiger partial charge in [0.2, 0.25) is 11.8 Å². The van der Waals surface area contributed by atoms with E-state index in [1.807, 2.05) is 42.2 Å². The van der Waals surface area contributed by atoms with Gasteiger partial charge in [0.15, 0.2) is 0 Å². The van der Waals surface area contributed by atoms with Gasteiger partial charge in [-0.3, -0.25) is 14.5 Å². The number of piperazine rings is 1. The first-order valence-corrected chi connectivity index (χ1v) is 14.0. The van der Waals surface area contributed by atoms with E-state index in [0.717, 1.165) is 48.7 Å². The standard InChI is InChI=1S/C31H34F3N5O2/c1-20(21-2-4-22(5-3-21)24-9-11-28(36-18-24)38-30(41)23-6-7-23)16-29(40)37-26-10-8-25(27(17-26)31(32,33)34)19-39-14-12-35-13-15-39/h2-5,8-11,17-18,20,23,35H,6-7,12-16,19H2,1H3,(H,37,40)(H,36,38,41)/t20-/m0/s1. The number of carbonyl (C=O) groups is 2. The molecular weight excluding hydrogens is 531 g/mol. The number of hydrogen-bond acceptors (Lipinski definition) is 5. The van der Waals surface area contributed by atoms with E-state index in [4.69, 9.17) is 0 Å². The van der Waals surface area contributed by atoms with Crippen LogP contribution >= 0.6 is 0 Å². The molecule has 0 radical (unpaired) electrons. The highest BCUT2D eigenvalue weighted by atomic mass is 19.4. The van der Waals surface area contributed by atoms with Crippen molar-refractivity contribution < 1.29 is 22.8 Å². The van der Waals surface area contributed by atoms with Gasteiger partial charge in [-0.25, -0.2) is 4.98 Å². The molecule has 1 saturated heterocycles. The summed E-state index contributed by atoms with van der Waals surface area (Å²) in [5.74, 6) is 0.155. The molecule has 1 aromatic heterocycles. The predicted octanol–water partition coefficient (Wildman–Crippen LogP) is 5.65. The van der Waals surface area contributed by atoms with Gasteiger partial charge in [0.05, 0.1) is 5.56 Å². The molecule has 3 aromatic rings. The number of hydrogen-bond donors (Lipinski definition) is 3. The monoisotopic (exact) mass is 565 g/mol. The van der Waals surface area contributed by atoms with E-state index in [9.17, 15) is 22.8 Å². The van der Waals surface area contributed by atoms with Crippen LogP contribution in [0, 0.1) is 5.92 Å². The number of benzene rings is 2. The Morgan fingerprint density at radius 3 is 2.34 bits per heavy atom. The largest absolute Gasteiger partial charge is 0.416 e. The molecule has 5 rings (SSSR count). The molecule has 0 bridgehead atoms. The van der Waals surface area contributed by atoms with Crippen LogP contribution in [0.1, 0.15) is 48.8 Å². The van der Waals surface area contributed by atoms with Crippen LogP contribution < -0.4 is 16.0 Å². The molecule has 10 heteroatoms. The molecule has 2 aliphatic rings. The van der Waals surface area contributed by atoms with Crippen LogP contribution in [-0.2, 0) is 22.3 Å². The summed E-state index contributed by atoms with van der Waals surface area (Å²) in [5, 5.41) is 8.68. The number of pyridine rings is 1. The van der Waals surface area contributed by atoms with Gasteiger partial charge in [0.25, 0.3) is 0 Å². The van der Waals surface area contributed by atoms with Gasteiger partial charge < -0.3 is 16.0 Å². The zero-order valence-electron chi connectivity index (χ0n) is 22.9. The van der Waals surface area contributed by atoms with Crippen LogP contribution in [0.4, 0.5) is 24.7 Å². The van der Waals surface area contributed by atoms with Gasteiger partial charge in [0.1, 0.15) is 5.82 Å². The van der Waals surface area contributed by atoms with Crippen molar-refractivity contribution in [2.24, 2.45) is 5.92 Å². The van der Waals surface area contributed by atoms with Crippen molar-refractivity contribution >= 4 is 23.3 Å². The normalized spacial score (nSPS) is 16.7. The molecule has 1 aliphatic carbocycles. The maximum atomic E-state index is 13.8. The minimum atomic E-state index is -4.51. The molecule has 41 heavy (non-hydrogen) atoms.